The van der Waals surface area contributed by atoms with Crippen LogP contribution >= 0.6 is 27.5 Å². The summed E-state index contributed by atoms with van der Waals surface area (Å²) in [6.07, 6.45) is 6.00. The zero-order valence-corrected chi connectivity index (χ0v) is 13.1. The quantitative estimate of drug-likeness (QED) is 0.556. The van der Waals surface area contributed by atoms with Gasteiger partial charge in [-0.3, -0.25) is 0 Å². The Morgan fingerprint density at radius 2 is 2.06 bits per heavy atom. The summed E-state index contributed by atoms with van der Waals surface area (Å²) in [6.45, 7) is 4.50. The van der Waals surface area contributed by atoms with Gasteiger partial charge in [0.1, 0.15) is 0 Å². The number of rotatable bonds is 7. The molecule has 0 N–H and O–H groups in total. The summed E-state index contributed by atoms with van der Waals surface area (Å²) >= 11 is 9.77. The number of hydrogen-bond donors (Lipinski definition) is 0. The van der Waals surface area contributed by atoms with Crippen LogP contribution in [0.2, 0.25) is 0 Å². The minimum absolute atomic E-state index is 0.276. The van der Waals surface area contributed by atoms with Gasteiger partial charge >= 0.3 is 0 Å². The van der Waals surface area contributed by atoms with Crippen LogP contribution in [0, 0.1) is 5.41 Å². The Bertz CT molecular complexity index is 331. The second-order valence-corrected chi connectivity index (χ2v) is 6.08. The fraction of sp³-hybridized carbons (Fsp3) is 0.600. The Morgan fingerprint density at radius 3 is 2.59 bits per heavy atom. The third kappa shape index (κ3) is 4.63. The van der Waals surface area contributed by atoms with E-state index in [1.807, 2.05) is 0 Å². The first kappa shape index (κ1) is 15.0. The van der Waals surface area contributed by atoms with Crippen molar-refractivity contribution in [3.63, 3.8) is 0 Å². The molecule has 17 heavy (non-hydrogen) atoms. The number of alkyl halides is 1. The molecule has 0 aliphatic heterocycles. The molecule has 96 valence electrons. The van der Waals surface area contributed by atoms with Crippen molar-refractivity contribution in [2.24, 2.45) is 5.41 Å². The molecule has 0 saturated heterocycles. The van der Waals surface area contributed by atoms with Crippen LogP contribution in [0.15, 0.2) is 28.7 Å². The van der Waals surface area contributed by atoms with Crippen LogP contribution in [-0.2, 0) is 6.42 Å². The first-order valence-corrected chi connectivity index (χ1v) is 7.79. The average molecular weight is 318 g/mol. The van der Waals surface area contributed by atoms with Crippen molar-refractivity contribution in [3.05, 3.63) is 34.3 Å². The van der Waals surface area contributed by atoms with Crippen molar-refractivity contribution in [1.82, 2.24) is 0 Å². The molecule has 1 unspecified atom stereocenters. The van der Waals surface area contributed by atoms with Gasteiger partial charge in [0, 0.05) is 10.4 Å². The van der Waals surface area contributed by atoms with Gasteiger partial charge in [-0.25, -0.2) is 0 Å². The summed E-state index contributed by atoms with van der Waals surface area (Å²) in [7, 11) is 0. The highest BCUT2D eigenvalue weighted by Gasteiger charge is 2.26. The molecule has 0 radical (unpaired) electrons. The van der Waals surface area contributed by atoms with E-state index in [9.17, 15) is 0 Å². The molecule has 2 heteroatoms. The number of unbranched alkanes of at least 4 members (excludes halogenated alkanes) is 1. The maximum absolute atomic E-state index is 6.24. The average Bonchev–Trinajstić information content (AvgIpc) is 2.35. The van der Waals surface area contributed by atoms with Gasteiger partial charge in [-0.05, 0) is 42.4 Å². The summed E-state index contributed by atoms with van der Waals surface area (Å²) in [4.78, 5) is 0. The van der Waals surface area contributed by atoms with E-state index in [1.165, 1.54) is 24.8 Å². The Labute approximate surface area is 119 Å². The highest BCUT2D eigenvalue weighted by Crippen LogP contribution is 2.34. The van der Waals surface area contributed by atoms with Crippen LogP contribution in [0.1, 0.15) is 45.1 Å². The Kier molecular flexibility index (Phi) is 6.58. The van der Waals surface area contributed by atoms with Gasteiger partial charge in [-0.2, -0.15) is 0 Å². The first-order chi connectivity index (χ1) is 8.15. The van der Waals surface area contributed by atoms with Crippen molar-refractivity contribution in [1.29, 1.82) is 0 Å². The standard InChI is InChI=1S/C15H22BrCl/c1-3-5-9-15(4-2,12-17)11-13-7-6-8-14(16)10-13/h6-8,10H,3-5,9,11-12H2,1-2H3. The van der Waals surface area contributed by atoms with Crippen molar-refractivity contribution in [2.75, 3.05) is 5.88 Å². The summed E-state index contributed by atoms with van der Waals surface area (Å²) in [5.41, 5.74) is 1.66. The van der Waals surface area contributed by atoms with Crippen LogP contribution < -0.4 is 0 Å². The Hall–Kier alpha value is -0.0100. The summed E-state index contributed by atoms with van der Waals surface area (Å²) < 4.78 is 1.16. The molecule has 0 aliphatic rings. The fourth-order valence-electron chi connectivity index (χ4n) is 2.23. The minimum Gasteiger partial charge on any atom is -0.126 e. The molecule has 0 fully saturated rings. The molecular formula is C15H22BrCl. The van der Waals surface area contributed by atoms with Gasteiger partial charge in [0.05, 0.1) is 0 Å². The van der Waals surface area contributed by atoms with Crippen LogP contribution in [-0.4, -0.2) is 5.88 Å². The Morgan fingerprint density at radius 1 is 1.29 bits per heavy atom. The van der Waals surface area contributed by atoms with Gasteiger partial charge in [-0.15, -0.1) is 11.6 Å². The maximum atomic E-state index is 6.24. The summed E-state index contributed by atoms with van der Waals surface area (Å²) in [5, 5.41) is 0. The van der Waals surface area contributed by atoms with E-state index in [2.05, 4.69) is 54.0 Å². The van der Waals surface area contributed by atoms with Crippen LogP contribution in [0.4, 0.5) is 0 Å². The van der Waals surface area contributed by atoms with Crippen LogP contribution in [0.3, 0.4) is 0 Å². The highest BCUT2D eigenvalue weighted by atomic mass is 79.9. The third-order valence-electron chi connectivity index (χ3n) is 3.56. The number of hydrogen-bond acceptors (Lipinski definition) is 0. The maximum Gasteiger partial charge on any atom is 0.0283 e. The second kappa shape index (κ2) is 7.43. The topological polar surface area (TPSA) is 0 Å². The lowest BCUT2D eigenvalue weighted by atomic mass is 9.77. The van der Waals surface area contributed by atoms with Crippen LogP contribution in [0.25, 0.3) is 0 Å². The van der Waals surface area contributed by atoms with Gasteiger partial charge in [0.25, 0.3) is 0 Å². The van der Waals surface area contributed by atoms with Crippen molar-refractivity contribution in [2.45, 2.75) is 46.0 Å². The molecule has 0 saturated carbocycles. The molecule has 1 rings (SSSR count). The second-order valence-electron chi connectivity index (χ2n) is 4.90. The van der Waals surface area contributed by atoms with E-state index < -0.39 is 0 Å². The van der Waals surface area contributed by atoms with Gasteiger partial charge in [0.15, 0.2) is 0 Å². The smallest absolute Gasteiger partial charge is 0.0283 e. The van der Waals surface area contributed by atoms with E-state index in [0.717, 1.165) is 23.2 Å². The van der Waals surface area contributed by atoms with Gasteiger partial charge < -0.3 is 0 Å². The predicted molar refractivity (Wildman–Crippen MR) is 80.8 cm³/mol. The largest absolute Gasteiger partial charge is 0.126 e. The fourth-order valence-corrected chi connectivity index (χ4v) is 3.09. The highest BCUT2D eigenvalue weighted by molar-refractivity contribution is 9.10. The lowest BCUT2D eigenvalue weighted by Gasteiger charge is -2.31. The summed E-state index contributed by atoms with van der Waals surface area (Å²) in [5.74, 6) is 0.760. The zero-order valence-electron chi connectivity index (χ0n) is 10.8. The molecule has 0 heterocycles. The van der Waals surface area contributed by atoms with Crippen molar-refractivity contribution < 1.29 is 0 Å². The number of benzene rings is 1. The van der Waals surface area contributed by atoms with E-state index in [0.29, 0.717) is 0 Å². The summed E-state index contributed by atoms with van der Waals surface area (Å²) in [6, 6.07) is 8.59. The van der Waals surface area contributed by atoms with E-state index >= 15 is 0 Å². The molecule has 0 nitrogen and oxygen atoms in total. The molecule has 0 aliphatic carbocycles. The molecular weight excluding hydrogens is 296 g/mol. The Balaban J connectivity index is 2.78. The minimum atomic E-state index is 0.276. The molecule has 0 spiro atoms. The lowest BCUT2D eigenvalue weighted by Crippen LogP contribution is -2.25. The number of halogens is 2. The van der Waals surface area contributed by atoms with E-state index in [4.69, 9.17) is 11.6 Å². The van der Waals surface area contributed by atoms with Crippen molar-refractivity contribution >= 4 is 27.5 Å². The first-order valence-electron chi connectivity index (χ1n) is 6.46. The predicted octanol–water partition coefficient (Wildman–Crippen LogP) is 5.82. The molecule has 0 amide bonds. The lowest BCUT2D eigenvalue weighted by molar-refractivity contribution is 0.279. The van der Waals surface area contributed by atoms with Crippen LogP contribution in [0.5, 0.6) is 0 Å². The van der Waals surface area contributed by atoms with Gasteiger partial charge in [-0.1, -0.05) is 54.8 Å². The van der Waals surface area contributed by atoms with Gasteiger partial charge in [0.2, 0.25) is 0 Å². The molecule has 1 aromatic rings. The zero-order chi connectivity index (χ0) is 12.7. The molecule has 0 bridgehead atoms. The molecule has 1 aromatic carbocycles. The third-order valence-corrected chi connectivity index (χ3v) is 4.62. The monoisotopic (exact) mass is 316 g/mol. The normalized spacial score (nSPS) is 14.6. The van der Waals surface area contributed by atoms with E-state index in [1.54, 1.807) is 0 Å². The molecule has 0 aromatic heterocycles. The molecule has 1 atom stereocenters. The van der Waals surface area contributed by atoms with E-state index in [-0.39, 0.29) is 5.41 Å². The SMILES string of the molecule is CCCCC(CC)(CCl)Cc1cccc(Br)c1. The van der Waals surface area contributed by atoms with Crippen molar-refractivity contribution in [3.8, 4) is 0 Å².